The summed E-state index contributed by atoms with van der Waals surface area (Å²) in [5.74, 6) is -0.918. The normalized spacial score (nSPS) is 11.0. The number of carboxylic acids is 1. The van der Waals surface area contributed by atoms with Crippen LogP contribution in [0.1, 0.15) is 46.9 Å². The van der Waals surface area contributed by atoms with Crippen molar-refractivity contribution in [2.24, 2.45) is 0 Å². The third-order valence-electron chi connectivity index (χ3n) is 4.09. The number of hydrogen-bond donors (Lipinski definition) is 0. The van der Waals surface area contributed by atoms with Crippen LogP contribution in [-0.2, 0) is 0 Å². The van der Waals surface area contributed by atoms with Crippen molar-refractivity contribution in [3.8, 4) is 0 Å². The van der Waals surface area contributed by atoms with Crippen LogP contribution in [-0.4, -0.2) is 27.2 Å². The molecule has 1 heterocycles. The molecule has 0 unspecified atom stereocenters. The van der Waals surface area contributed by atoms with E-state index in [4.69, 9.17) is 0 Å². The molecule has 3 aromatic rings. The molecule has 0 fully saturated rings. The summed E-state index contributed by atoms with van der Waals surface area (Å²) in [6, 6.07) is 13.5. The maximum absolute atomic E-state index is 13.2. The molecule has 1 aromatic heterocycles. The summed E-state index contributed by atoms with van der Waals surface area (Å²) < 4.78 is 1.51. The maximum Gasteiger partial charge on any atom is 0.265 e. The third-order valence-corrected chi connectivity index (χ3v) is 5.11. The van der Waals surface area contributed by atoms with Gasteiger partial charge in [-0.2, -0.15) is 0 Å². The van der Waals surface area contributed by atoms with E-state index in [1.54, 1.807) is 12.1 Å². The fourth-order valence-electron chi connectivity index (χ4n) is 2.78. The molecule has 0 aliphatic carbocycles. The van der Waals surface area contributed by atoms with Crippen molar-refractivity contribution in [1.82, 2.24) is 9.55 Å². The van der Waals surface area contributed by atoms with Gasteiger partial charge >= 0.3 is 0 Å². The van der Waals surface area contributed by atoms with Gasteiger partial charge in [0.15, 0.2) is 5.16 Å². The van der Waals surface area contributed by atoms with E-state index in [1.807, 2.05) is 24.3 Å². The lowest BCUT2D eigenvalue weighted by Gasteiger charge is -2.12. The lowest BCUT2D eigenvalue weighted by molar-refractivity contribution is -0.255. The Hall–Kier alpha value is -2.60. The second kappa shape index (κ2) is 8.19. The van der Waals surface area contributed by atoms with Crippen molar-refractivity contribution in [3.63, 3.8) is 0 Å². The number of carboxylic acid groups (broad SMARTS) is 1. The molecule has 0 atom stereocenters. The number of fused-ring (bicyclic) bond motifs is 1. The van der Waals surface area contributed by atoms with Gasteiger partial charge in [0.25, 0.3) is 5.91 Å². The van der Waals surface area contributed by atoms with E-state index in [2.05, 4.69) is 11.9 Å². The molecule has 134 valence electrons. The third kappa shape index (κ3) is 3.65. The fraction of sp³-hybridized carbons (Fsp3) is 0.250. The minimum absolute atomic E-state index is 0.103. The van der Waals surface area contributed by atoms with Crippen LogP contribution in [0.3, 0.4) is 0 Å². The molecular weight excluding hydrogens is 348 g/mol. The zero-order chi connectivity index (χ0) is 18.5. The van der Waals surface area contributed by atoms with Gasteiger partial charge in [-0.1, -0.05) is 61.9 Å². The van der Waals surface area contributed by atoms with Crippen molar-refractivity contribution in [2.75, 3.05) is 5.75 Å². The number of aromatic nitrogens is 2. The number of nitrogens with zero attached hydrogens (tertiary/aromatic N) is 2. The first kappa shape index (κ1) is 18.2. The topological polar surface area (TPSA) is 75.0 Å². The van der Waals surface area contributed by atoms with E-state index in [1.165, 1.54) is 28.5 Å². The molecule has 2 aromatic carbocycles. The summed E-state index contributed by atoms with van der Waals surface area (Å²) in [4.78, 5) is 29.1. The highest BCUT2D eigenvalue weighted by atomic mass is 32.2. The molecular formula is C20H19N2O3S-. The predicted octanol–water partition coefficient (Wildman–Crippen LogP) is 3.37. The van der Waals surface area contributed by atoms with Gasteiger partial charge in [-0.15, -0.1) is 0 Å². The lowest BCUT2D eigenvalue weighted by atomic mass is 10.1. The molecule has 0 amide bonds. The van der Waals surface area contributed by atoms with E-state index in [0.29, 0.717) is 16.2 Å². The Morgan fingerprint density at radius 3 is 2.46 bits per heavy atom. The molecule has 6 heteroatoms. The molecule has 0 N–H and O–H groups in total. The van der Waals surface area contributed by atoms with Gasteiger partial charge in [0.2, 0.25) is 0 Å². The van der Waals surface area contributed by atoms with Crippen LogP contribution >= 0.6 is 11.8 Å². The van der Waals surface area contributed by atoms with Crippen LogP contribution in [0.5, 0.6) is 0 Å². The second-order valence-corrected chi connectivity index (χ2v) is 6.97. The summed E-state index contributed by atoms with van der Waals surface area (Å²) in [5.41, 5.74) is 1.37. The summed E-state index contributed by atoms with van der Waals surface area (Å²) in [6.07, 6.45) is 3.28. The molecule has 0 bridgehead atoms. The fourth-order valence-corrected chi connectivity index (χ4v) is 3.78. The SMILES string of the molecule is CCCCCSc1nc2ccccc2n1C(=O)c1ccccc1C(=O)[O-]. The Balaban J connectivity index is 2.05. The Labute approximate surface area is 156 Å². The zero-order valence-corrected chi connectivity index (χ0v) is 15.3. The van der Waals surface area contributed by atoms with Crippen molar-refractivity contribution < 1.29 is 14.7 Å². The van der Waals surface area contributed by atoms with Crippen LogP contribution < -0.4 is 5.11 Å². The quantitative estimate of drug-likeness (QED) is 0.473. The first-order valence-electron chi connectivity index (χ1n) is 8.59. The van der Waals surface area contributed by atoms with Crippen molar-refractivity contribution in [2.45, 2.75) is 31.3 Å². The first-order chi connectivity index (χ1) is 12.6. The maximum atomic E-state index is 13.2. The standard InChI is InChI=1S/C20H20N2O3S/c1-2-3-8-13-26-20-21-16-11-6-7-12-17(16)22(20)18(23)14-9-4-5-10-15(14)19(24)25/h4-7,9-12H,2-3,8,13H2,1H3,(H,24,25)/p-1. The van der Waals surface area contributed by atoms with E-state index >= 15 is 0 Å². The van der Waals surface area contributed by atoms with Gasteiger partial charge in [0.05, 0.1) is 17.0 Å². The smallest absolute Gasteiger partial charge is 0.265 e. The zero-order valence-electron chi connectivity index (χ0n) is 14.5. The molecule has 26 heavy (non-hydrogen) atoms. The van der Waals surface area contributed by atoms with Crippen LogP contribution in [0.25, 0.3) is 11.0 Å². The summed E-state index contributed by atoms with van der Waals surface area (Å²) >= 11 is 1.52. The molecule has 0 saturated heterocycles. The Morgan fingerprint density at radius 2 is 1.73 bits per heavy atom. The van der Waals surface area contributed by atoms with Gasteiger partial charge in [-0.05, 0) is 24.6 Å². The number of carbonyl (C=O) groups excluding carboxylic acids is 2. The average Bonchev–Trinajstić information content (AvgIpc) is 3.03. The number of hydrogen-bond acceptors (Lipinski definition) is 5. The van der Waals surface area contributed by atoms with E-state index < -0.39 is 11.9 Å². The molecule has 0 radical (unpaired) electrons. The Kier molecular flexibility index (Phi) is 5.73. The number of para-hydroxylation sites is 2. The number of rotatable bonds is 7. The molecule has 0 aliphatic heterocycles. The summed E-state index contributed by atoms with van der Waals surface area (Å²) in [5, 5.41) is 12.0. The molecule has 5 nitrogen and oxygen atoms in total. The van der Waals surface area contributed by atoms with Crippen molar-refractivity contribution >= 4 is 34.7 Å². The van der Waals surface area contributed by atoms with Crippen LogP contribution in [0, 0.1) is 0 Å². The van der Waals surface area contributed by atoms with E-state index in [-0.39, 0.29) is 11.1 Å². The predicted molar refractivity (Wildman–Crippen MR) is 100 cm³/mol. The number of benzene rings is 2. The second-order valence-electron chi connectivity index (χ2n) is 5.91. The number of unbranched alkanes of at least 4 members (excludes halogenated alkanes) is 2. The van der Waals surface area contributed by atoms with Gasteiger partial charge in [0, 0.05) is 16.9 Å². The summed E-state index contributed by atoms with van der Waals surface area (Å²) in [6.45, 7) is 2.14. The first-order valence-corrected chi connectivity index (χ1v) is 9.57. The highest BCUT2D eigenvalue weighted by Crippen LogP contribution is 2.26. The van der Waals surface area contributed by atoms with Crippen molar-refractivity contribution in [1.29, 1.82) is 0 Å². The van der Waals surface area contributed by atoms with Gasteiger partial charge < -0.3 is 9.90 Å². The summed E-state index contributed by atoms with van der Waals surface area (Å²) in [7, 11) is 0. The van der Waals surface area contributed by atoms with E-state index in [0.717, 1.165) is 25.0 Å². The number of aromatic carboxylic acids is 1. The lowest BCUT2D eigenvalue weighted by Crippen LogP contribution is -2.26. The molecule has 0 aliphatic rings. The number of thioether (sulfide) groups is 1. The minimum Gasteiger partial charge on any atom is -0.545 e. The van der Waals surface area contributed by atoms with Crippen LogP contribution in [0.15, 0.2) is 53.7 Å². The molecule has 0 saturated carbocycles. The van der Waals surface area contributed by atoms with Gasteiger partial charge in [-0.3, -0.25) is 9.36 Å². The minimum atomic E-state index is -1.37. The highest BCUT2D eigenvalue weighted by molar-refractivity contribution is 7.99. The monoisotopic (exact) mass is 367 g/mol. The van der Waals surface area contributed by atoms with Gasteiger partial charge in [-0.25, -0.2) is 4.98 Å². The van der Waals surface area contributed by atoms with Gasteiger partial charge in [0.1, 0.15) is 0 Å². The Morgan fingerprint density at radius 1 is 1.04 bits per heavy atom. The number of imidazole rings is 1. The average molecular weight is 367 g/mol. The Bertz CT molecular complexity index is 949. The molecule has 3 rings (SSSR count). The van der Waals surface area contributed by atoms with Crippen LogP contribution in [0.2, 0.25) is 0 Å². The molecule has 0 spiro atoms. The largest absolute Gasteiger partial charge is 0.545 e. The van der Waals surface area contributed by atoms with E-state index in [9.17, 15) is 14.7 Å². The van der Waals surface area contributed by atoms with Crippen LogP contribution in [0.4, 0.5) is 0 Å². The number of carbonyl (C=O) groups is 2. The van der Waals surface area contributed by atoms with Crippen molar-refractivity contribution in [3.05, 3.63) is 59.7 Å². The highest BCUT2D eigenvalue weighted by Gasteiger charge is 2.20.